The molecule has 1 aromatic carbocycles. The molecule has 2 atom stereocenters. The van der Waals surface area contributed by atoms with Gasteiger partial charge in [-0.05, 0) is 37.8 Å². The largest absolute Gasteiger partial charge is 0.492 e. The minimum Gasteiger partial charge on any atom is -0.492 e. The molecule has 1 saturated heterocycles. The second kappa shape index (κ2) is 4.71. The number of hydrogen-bond acceptors (Lipinski definition) is 3. The van der Waals surface area contributed by atoms with Crippen molar-refractivity contribution in [3.05, 3.63) is 18.2 Å². The van der Waals surface area contributed by atoms with E-state index < -0.39 is 0 Å². The van der Waals surface area contributed by atoms with Gasteiger partial charge in [-0.3, -0.25) is 0 Å². The minimum atomic E-state index is 0.651. The molecule has 0 aliphatic carbocycles. The van der Waals surface area contributed by atoms with Crippen molar-refractivity contribution >= 4 is 11.4 Å². The molecule has 0 aromatic heterocycles. The molecule has 0 saturated carbocycles. The van der Waals surface area contributed by atoms with E-state index in [1.54, 1.807) is 0 Å². The van der Waals surface area contributed by atoms with E-state index in [0.29, 0.717) is 6.04 Å². The van der Waals surface area contributed by atoms with Gasteiger partial charge in [0.05, 0.1) is 12.3 Å². The predicted molar refractivity (Wildman–Crippen MR) is 75.6 cm³/mol. The summed E-state index contributed by atoms with van der Waals surface area (Å²) in [6.45, 7) is 7.34. The van der Waals surface area contributed by atoms with Crippen molar-refractivity contribution < 1.29 is 4.74 Å². The molecule has 0 spiro atoms. The van der Waals surface area contributed by atoms with Crippen LogP contribution < -0.4 is 15.0 Å². The number of ether oxygens (including phenoxy) is 1. The lowest BCUT2D eigenvalue weighted by Crippen LogP contribution is -2.48. The van der Waals surface area contributed by atoms with Gasteiger partial charge in [-0.15, -0.1) is 0 Å². The van der Waals surface area contributed by atoms with E-state index in [2.05, 4.69) is 35.3 Å². The first kappa shape index (κ1) is 11.7. The first-order chi connectivity index (χ1) is 8.79. The summed E-state index contributed by atoms with van der Waals surface area (Å²) in [5.74, 6) is 1.84. The maximum absolute atomic E-state index is 5.72. The van der Waals surface area contributed by atoms with Crippen molar-refractivity contribution in [1.82, 2.24) is 0 Å². The van der Waals surface area contributed by atoms with E-state index in [0.717, 1.165) is 24.8 Å². The lowest BCUT2D eigenvalue weighted by Gasteiger charge is -2.44. The van der Waals surface area contributed by atoms with Gasteiger partial charge in [0.1, 0.15) is 11.4 Å². The van der Waals surface area contributed by atoms with Crippen molar-refractivity contribution in [2.45, 2.75) is 32.7 Å². The Labute approximate surface area is 109 Å². The third-order valence-electron chi connectivity index (χ3n) is 4.11. The first-order valence-corrected chi connectivity index (χ1v) is 7.06. The zero-order valence-corrected chi connectivity index (χ0v) is 11.3. The lowest BCUT2D eigenvalue weighted by molar-refractivity contribution is 0.337. The second-order valence-corrected chi connectivity index (χ2v) is 5.44. The van der Waals surface area contributed by atoms with Crippen molar-refractivity contribution in [3.63, 3.8) is 0 Å². The molecule has 3 heteroatoms. The number of rotatable bonds is 2. The Morgan fingerprint density at radius 1 is 1.44 bits per heavy atom. The highest BCUT2D eigenvalue weighted by atomic mass is 16.5. The highest BCUT2D eigenvalue weighted by molar-refractivity contribution is 5.79. The molecule has 0 radical (unpaired) electrons. The summed E-state index contributed by atoms with van der Waals surface area (Å²) >= 11 is 0. The molecule has 3 nitrogen and oxygen atoms in total. The van der Waals surface area contributed by atoms with Crippen LogP contribution in [0.15, 0.2) is 18.2 Å². The fourth-order valence-corrected chi connectivity index (χ4v) is 3.19. The van der Waals surface area contributed by atoms with Crippen LogP contribution in [0.1, 0.15) is 26.7 Å². The third-order valence-corrected chi connectivity index (χ3v) is 4.11. The maximum atomic E-state index is 5.72. The summed E-state index contributed by atoms with van der Waals surface area (Å²) in [5.41, 5.74) is 2.51. The van der Waals surface area contributed by atoms with Crippen LogP contribution in [-0.2, 0) is 0 Å². The molecular weight excluding hydrogens is 224 g/mol. The van der Waals surface area contributed by atoms with Crippen LogP contribution in [-0.4, -0.2) is 25.7 Å². The van der Waals surface area contributed by atoms with Crippen LogP contribution >= 0.6 is 0 Å². The fourth-order valence-electron chi connectivity index (χ4n) is 3.19. The highest BCUT2D eigenvalue weighted by Gasteiger charge is 2.32. The van der Waals surface area contributed by atoms with Crippen LogP contribution in [0.5, 0.6) is 5.75 Å². The number of hydrogen-bond donors (Lipinski definition) is 1. The smallest absolute Gasteiger partial charge is 0.144 e. The van der Waals surface area contributed by atoms with Gasteiger partial charge in [0.15, 0.2) is 0 Å². The summed E-state index contributed by atoms with van der Waals surface area (Å²) in [6.07, 6.45) is 2.60. The summed E-state index contributed by atoms with van der Waals surface area (Å²) in [7, 11) is 0. The molecular formula is C15H22N2O. The van der Waals surface area contributed by atoms with E-state index >= 15 is 0 Å². The zero-order valence-electron chi connectivity index (χ0n) is 11.3. The van der Waals surface area contributed by atoms with Gasteiger partial charge in [0.25, 0.3) is 0 Å². The number of fused-ring (bicyclic) bond motifs is 3. The molecule has 1 fully saturated rings. The second-order valence-electron chi connectivity index (χ2n) is 5.44. The third kappa shape index (κ3) is 1.92. The normalized spacial score (nSPS) is 26.0. The number of nitrogens with zero attached hydrogens (tertiary/aromatic N) is 1. The number of anilines is 2. The van der Waals surface area contributed by atoms with Crippen LogP contribution in [0.4, 0.5) is 11.4 Å². The van der Waals surface area contributed by atoms with Gasteiger partial charge in [-0.1, -0.05) is 13.0 Å². The summed E-state index contributed by atoms with van der Waals surface area (Å²) in [5, 5.41) is 3.57. The number of para-hydroxylation sites is 1. The van der Waals surface area contributed by atoms with Crippen molar-refractivity contribution in [1.29, 1.82) is 0 Å². The average Bonchev–Trinajstić information content (AvgIpc) is 2.38. The molecule has 0 amide bonds. The molecule has 2 heterocycles. The lowest BCUT2D eigenvalue weighted by atomic mass is 9.90. The van der Waals surface area contributed by atoms with Gasteiger partial charge >= 0.3 is 0 Å². The van der Waals surface area contributed by atoms with Gasteiger partial charge in [-0.25, -0.2) is 0 Å². The Bertz CT molecular complexity index is 433. The number of benzene rings is 1. The van der Waals surface area contributed by atoms with E-state index in [1.807, 2.05) is 6.92 Å². The van der Waals surface area contributed by atoms with Crippen LogP contribution in [0.3, 0.4) is 0 Å². The minimum absolute atomic E-state index is 0.651. The molecule has 1 aromatic rings. The fraction of sp³-hybridized carbons (Fsp3) is 0.600. The monoisotopic (exact) mass is 246 g/mol. The number of nitrogens with one attached hydrogen (secondary N) is 1. The maximum Gasteiger partial charge on any atom is 0.144 e. The molecule has 2 aliphatic rings. The molecule has 18 heavy (non-hydrogen) atoms. The Morgan fingerprint density at radius 2 is 2.33 bits per heavy atom. The molecule has 1 N–H and O–H groups in total. The van der Waals surface area contributed by atoms with E-state index in [9.17, 15) is 0 Å². The Morgan fingerprint density at radius 3 is 3.17 bits per heavy atom. The van der Waals surface area contributed by atoms with Crippen LogP contribution in [0.2, 0.25) is 0 Å². The standard InChI is InChI=1S/C15H22N2O/c1-3-18-14-6-4-5-13-15(14)16-10-12-9-11(2)7-8-17(12)13/h4-6,11-12,16H,3,7-10H2,1-2H3. The molecule has 2 unspecified atom stereocenters. The average molecular weight is 246 g/mol. The van der Waals surface area contributed by atoms with Gasteiger partial charge in [0.2, 0.25) is 0 Å². The predicted octanol–water partition coefficient (Wildman–Crippen LogP) is 3.12. The molecule has 3 rings (SSSR count). The highest BCUT2D eigenvalue weighted by Crippen LogP contribution is 2.41. The summed E-state index contributed by atoms with van der Waals surface area (Å²) in [6, 6.07) is 7.03. The van der Waals surface area contributed by atoms with Gasteiger partial charge < -0.3 is 15.0 Å². The van der Waals surface area contributed by atoms with Crippen LogP contribution in [0, 0.1) is 5.92 Å². The van der Waals surface area contributed by atoms with Gasteiger partial charge in [-0.2, -0.15) is 0 Å². The van der Waals surface area contributed by atoms with Crippen molar-refractivity contribution in [3.8, 4) is 5.75 Å². The van der Waals surface area contributed by atoms with E-state index in [4.69, 9.17) is 4.74 Å². The first-order valence-electron chi connectivity index (χ1n) is 7.06. The topological polar surface area (TPSA) is 24.5 Å². The molecule has 98 valence electrons. The SMILES string of the molecule is CCOc1cccc2c1NCC1CC(C)CCN21. The summed E-state index contributed by atoms with van der Waals surface area (Å²) in [4.78, 5) is 2.56. The zero-order chi connectivity index (χ0) is 12.5. The Hall–Kier alpha value is -1.38. The Balaban J connectivity index is 1.93. The Kier molecular flexibility index (Phi) is 3.06. The van der Waals surface area contributed by atoms with Crippen molar-refractivity contribution in [2.75, 3.05) is 29.9 Å². The summed E-state index contributed by atoms with van der Waals surface area (Å²) < 4.78 is 5.72. The number of piperidine rings is 1. The quantitative estimate of drug-likeness (QED) is 0.867. The van der Waals surface area contributed by atoms with Crippen molar-refractivity contribution in [2.24, 2.45) is 5.92 Å². The molecule has 0 bridgehead atoms. The van der Waals surface area contributed by atoms with E-state index in [-0.39, 0.29) is 0 Å². The van der Waals surface area contributed by atoms with Crippen LogP contribution in [0.25, 0.3) is 0 Å². The van der Waals surface area contributed by atoms with Gasteiger partial charge in [0, 0.05) is 19.1 Å². The molecule has 2 aliphatic heterocycles. The van der Waals surface area contributed by atoms with E-state index in [1.165, 1.54) is 30.8 Å².